The van der Waals surface area contributed by atoms with E-state index in [0.717, 1.165) is 30.5 Å². The second-order valence-corrected chi connectivity index (χ2v) is 10.5. The van der Waals surface area contributed by atoms with E-state index >= 15 is 0 Å². The Balaban J connectivity index is 1.38. The number of nitrogens with two attached hydrogens (primary N) is 1. The Kier molecular flexibility index (Phi) is 8.53. The number of sulfonamides is 1. The minimum absolute atomic E-state index is 0.163. The van der Waals surface area contributed by atoms with Gasteiger partial charge in [0.25, 0.3) is 0 Å². The molecule has 8 heteroatoms. The molecule has 2 atom stereocenters. The van der Waals surface area contributed by atoms with Crippen molar-refractivity contribution in [2.75, 3.05) is 6.61 Å². The molecule has 0 saturated carbocycles. The van der Waals surface area contributed by atoms with E-state index in [0.29, 0.717) is 12.4 Å². The number of unbranched alkanes of at least 4 members (excludes halogenated alkanes) is 1. The molecule has 1 aromatic heterocycles. The van der Waals surface area contributed by atoms with Crippen LogP contribution in [0.4, 0.5) is 0 Å². The van der Waals surface area contributed by atoms with E-state index in [9.17, 15) is 8.42 Å². The summed E-state index contributed by atoms with van der Waals surface area (Å²) in [6.45, 7) is 1.50. The van der Waals surface area contributed by atoms with Gasteiger partial charge in [-0.2, -0.15) is 0 Å². The van der Waals surface area contributed by atoms with Gasteiger partial charge in [0.15, 0.2) is 0 Å². The molecule has 4 aromatic rings. The maximum Gasteiger partial charge on any atom is 0.243 e. The molecule has 0 saturated heterocycles. The van der Waals surface area contributed by atoms with Crippen LogP contribution in [0.15, 0.2) is 109 Å². The second kappa shape index (κ2) is 12.0. The van der Waals surface area contributed by atoms with Crippen LogP contribution in [0.3, 0.4) is 0 Å². The van der Waals surface area contributed by atoms with Crippen LogP contribution in [0.1, 0.15) is 36.1 Å². The number of hydrogen-bond donors (Lipinski definition) is 2. The first-order valence-electron chi connectivity index (χ1n) is 12.0. The van der Waals surface area contributed by atoms with Crippen molar-refractivity contribution in [3.8, 4) is 5.75 Å². The van der Waals surface area contributed by atoms with Crippen molar-refractivity contribution in [2.45, 2.75) is 36.4 Å². The number of imidazole rings is 1. The van der Waals surface area contributed by atoms with Gasteiger partial charge in [-0.15, -0.1) is 0 Å². The summed E-state index contributed by atoms with van der Waals surface area (Å²) in [4.78, 5) is 0.163. The van der Waals surface area contributed by atoms with Gasteiger partial charge in [-0.25, -0.2) is 22.3 Å². The molecule has 0 fully saturated rings. The zero-order chi connectivity index (χ0) is 25.4. The molecule has 36 heavy (non-hydrogen) atoms. The molecule has 4 rings (SSSR count). The third-order valence-corrected chi connectivity index (χ3v) is 7.48. The quantitative estimate of drug-likeness (QED) is 0.226. The Morgan fingerprint density at radius 2 is 1.56 bits per heavy atom. The molecule has 0 spiro atoms. The first-order chi connectivity index (χ1) is 17.4. The Morgan fingerprint density at radius 3 is 2.17 bits per heavy atom. The normalized spacial score (nSPS) is 13.3. The number of nitrogens with zero attached hydrogens (tertiary/aromatic N) is 2. The van der Waals surface area contributed by atoms with Crippen molar-refractivity contribution < 1.29 is 17.7 Å². The number of hydrogen-bond acceptors (Lipinski definition) is 4. The number of aromatic nitrogens is 2. The zero-order valence-electron chi connectivity index (χ0n) is 20.4. The number of aryl methyl sites for hydroxylation is 2. The fraction of sp³-hybridized carbons (Fsp3) is 0.250. The van der Waals surface area contributed by atoms with Gasteiger partial charge in [0.1, 0.15) is 18.1 Å². The summed E-state index contributed by atoms with van der Waals surface area (Å²) < 4.78 is 39.4. The average Bonchev–Trinajstić information content (AvgIpc) is 3.33. The van der Waals surface area contributed by atoms with Crippen LogP contribution in [-0.4, -0.2) is 19.6 Å². The summed E-state index contributed by atoms with van der Waals surface area (Å²) in [7, 11) is -1.83. The highest BCUT2D eigenvalue weighted by Crippen LogP contribution is 2.29. The third kappa shape index (κ3) is 6.81. The van der Waals surface area contributed by atoms with Crippen LogP contribution < -0.4 is 19.8 Å². The standard InChI is InChI=1S/C28H33N4O3S/c1-31-19-20-32(22-31)18-8-9-21-35-25-14-16-26(17-15-25)36(33,34)30-28(24-12-6-3-7-13-24)27(29)23-10-4-2-5-11-23/h2-7,10-17,19-20,22,27-28,30H,8-9,18,21,29H2,1H3/q+1/t27-,28-/m0/s1. The summed E-state index contributed by atoms with van der Waals surface area (Å²) in [5.41, 5.74) is 8.20. The summed E-state index contributed by atoms with van der Waals surface area (Å²) in [5.74, 6) is 0.641. The van der Waals surface area contributed by atoms with E-state index in [1.54, 1.807) is 24.3 Å². The fourth-order valence-corrected chi connectivity index (χ4v) is 5.29. The Labute approximate surface area is 213 Å². The maximum atomic E-state index is 13.3. The molecule has 0 unspecified atom stereocenters. The van der Waals surface area contributed by atoms with Crippen LogP contribution in [0.25, 0.3) is 0 Å². The minimum atomic E-state index is -3.83. The van der Waals surface area contributed by atoms with Gasteiger partial charge in [-0.1, -0.05) is 60.7 Å². The Morgan fingerprint density at radius 1 is 0.917 bits per heavy atom. The lowest BCUT2D eigenvalue weighted by molar-refractivity contribution is -0.671. The summed E-state index contributed by atoms with van der Waals surface area (Å²) in [6.07, 6.45) is 8.00. The molecule has 1 heterocycles. The lowest BCUT2D eigenvalue weighted by Crippen LogP contribution is -2.36. The molecule has 188 valence electrons. The SMILES string of the molecule is C[n+]1ccn(CCCCOc2ccc(S(=O)(=O)N[C@@H](c3ccccc3)[C@@H](N)c3ccccc3)cc2)c1. The molecule has 0 aliphatic heterocycles. The van der Waals surface area contributed by atoms with Gasteiger partial charge >= 0.3 is 0 Å². The van der Waals surface area contributed by atoms with Crippen molar-refractivity contribution in [3.05, 3.63) is 115 Å². The molecular weight excluding hydrogens is 472 g/mol. The second-order valence-electron chi connectivity index (χ2n) is 8.79. The average molecular weight is 506 g/mol. The molecular formula is C28H33N4O3S+. The van der Waals surface area contributed by atoms with Gasteiger partial charge in [0, 0.05) is 0 Å². The van der Waals surface area contributed by atoms with Crippen molar-refractivity contribution >= 4 is 10.0 Å². The van der Waals surface area contributed by atoms with Crippen LogP contribution in [0.2, 0.25) is 0 Å². The van der Waals surface area contributed by atoms with E-state index in [-0.39, 0.29) is 4.90 Å². The van der Waals surface area contributed by atoms with Crippen molar-refractivity contribution in [1.82, 2.24) is 9.29 Å². The van der Waals surface area contributed by atoms with E-state index in [1.807, 2.05) is 91.0 Å². The molecule has 3 aromatic carbocycles. The largest absolute Gasteiger partial charge is 0.494 e. The van der Waals surface area contributed by atoms with Gasteiger partial charge in [0.05, 0.1) is 37.2 Å². The van der Waals surface area contributed by atoms with E-state index in [2.05, 4.69) is 9.29 Å². The number of ether oxygens (including phenoxy) is 1. The van der Waals surface area contributed by atoms with Crippen molar-refractivity contribution in [1.29, 1.82) is 0 Å². The molecule has 0 aliphatic rings. The zero-order valence-corrected chi connectivity index (χ0v) is 21.2. The number of rotatable bonds is 12. The van der Waals surface area contributed by atoms with Crippen LogP contribution >= 0.6 is 0 Å². The maximum absolute atomic E-state index is 13.3. The summed E-state index contributed by atoms with van der Waals surface area (Å²) in [5, 5.41) is 0. The fourth-order valence-electron chi connectivity index (χ4n) is 4.05. The van der Waals surface area contributed by atoms with Crippen molar-refractivity contribution in [2.24, 2.45) is 12.8 Å². The lowest BCUT2D eigenvalue weighted by Gasteiger charge is -2.26. The minimum Gasteiger partial charge on any atom is -0.494 e. The van der Waals surface area contributed by atoms with Gasteiger partial charge in [-0.3, -0.25) is 0 Å². The van der Waals surface area contributed by atoms with E-state index in [4.69, 9.17) is 10.5 Å². The van der Waals surface area contributed by atoms with E-state index in [1.165, 1.54) is 0 Å². The van der Waals surface area contributed by atoms with E-state index < -0.39 is 22.1 Å². The highest BCUT2D eigenvalue weighted by Gasteiger charge is 2.27. The predicted octanol–water partition coefficient (Wildman–Crippen LogP) is 3.89. The first-order valence-corrected chi connectivity index (χ1v) is 13.5. The number of nitrogens with one attached hydrogen (secondary N) is 1. The Hall–Kier alpha value is -3.46. The van der Waals surface area contributed by atoms with Gasteiger partial charge in [0.2, 0.25) is 16.4 Å². The molecule has 0 bridgehead atoms. The summed E-state index contributed by atoms with van der Waals surface area (Å²) in [6, 6.07) is 24.2. The van der Waals surface area contributed by atoms with Crippen LogP contribution in [0, 0.1) is 0 Å². The van der Waals surface area contributed by atoms with Crippen LogP contribution in [0.5, 0.6) is 5.75 Å². The summed E-state index contributed by atoms with van der Waals surface area (Å²) >= 11 is 0. The first kappa shape index (κ1) is 25.6. The highest BCUT2D eigenvalue weighted by molar-refractivity contribution is 7.89. The van der Waals surface area contributed by atoms with Gasteiger partial charge < -0.3 is 10.5 Å². The number of benzene rings is 3. The lowest BCUT2D eigenvalue weighted by atomic mass is 9.95. The molecule has 0 radical (unpaired) electrons. The Bertz CT molecular complexity index is 1320. The third-order valence-electron chi connectivity index (χ3n) is 6.02. The van der Waals surface area contributed by atoms with Crippen molar-refractivity contribution in [3.63, 3.8) is 0 Å². The molecule has 3 N–H and O–H groups in total. The smallest absolute Gasteiger partial charge is 0.243 e. The predicted molar refractivity (Wildman–Crippen MR) is 140 cm³/mol. The monoisotopic (exact) mass is 505 g/mol. The highest BCUT2D eigenvalue weighted by atomic mass is 32.2. The molecule has 0 aliphatic carbocycles. The topological polar surface area (TPSA) is 90.2 Å². The van der Waals surface area contributed by atoms with Crippen LogP contribution in [-0.2, 0) is 23.6 Å². The molecule has 0 amide bonds. The molecule has 7 nitrogen and oxygen atoms in total. The van der Waals surface area contributed by atoms with Gasteiger partial charge in [-0.05, 0) is 48.2 Å².